The summed E-state index contributed by atoms with van der Waals surface area (Å²) in [6.45, 7) is 0. The molecule has 0 atom stereocenters. The van der Waals surface area contributed by atoms with Crippen molar-refractivity contribution in [3.63, 3.8) is 0 Å². The third-order valence-corrected chi connectivity index (χ3v) is 1.50. The van der Waals surface area contributed by atoms with Crippen LogP contribution in [0.25, 0.3) is 0 Å². The predicted octanol–water partition coefficient (Wildman–Crippen LogP) is 1.09. The summed E-state index contributed by atoms with van der Waals surface area (Å²) >= 11 is 0. The van der Waals surface area contributed by atoms with E-state index in [-0.39, 0.29) is 16.5 Å². The van der Waals surface area contributed by atoms with Crippen molar-refractivity contribution in [2.75, 3.05) is 0 Å². The van der Waals surface area contributed by atoms with Crippen molar-refractivity contribution in [2.45, 2.75) is 38.5 Å². The molecule has 3 N–H and O–H groups in total. The smallest absolute Gasteiger partial charge is 0.274 e. The maximum atomic E-state index is 8.97. The molecule has 1 aliphatic rings. The molecule has 78 valence electrons. The van der Waals surface area contributed by atoms with Crippen LogP contribution in [-0.4, -0.2) is 13.0 Å². The van der Waals surface area contributed by atoms with Crippen molar-refractivity contribution in [1.29, 1.82) is 0 Å². The van der Waals surface area contributed by atoms with Crippen LogP contribution in [0.3, 0.4) is 0 Å². The van der Waals surface area contributed by atoms with Gasteiger partial charge in [0.1, 0.15) is 0 Å². The van der Waals surface area contributed by atoms with Crippen LogP contribution in [0.2, 0.25) is 0 Å². The Bertz CT molecular complexity index is 158. The van der Waals surface area contributed by atoms with Crippen LogP contribution in [0.4, 0.5) is 0 Å². The average Bonchev–Trinajstić information content (AvgIpc) is 1.88. The zero-order chi connectivity index (χ0) is 8.74. The van der Waals surface area contributed by atoms with E-state index in [1.807, 2.05) is 0 Å². The van der Waals surface area contributed by atoms with Gasteiger partial charge in [0.25, 0.3) is 0 Å². The fraction of sp³-hybridized carbons (Fsp3) is 1.00. The largest absolute Gasteiger partial charge is 0.330 e. The fourth-order valence-electron chi connectivity index (χ4n) is 1.06. The van der Waals surface area contributed by atoms with Gasteiger partial charge in [-0.2, -0.15) is 8.42 Å². The van der Waals surface area contributed by atoms with Gasteiger partial charge in [-0.25, -0.2) is 5.14 Å². The normalized spacial score (nSPS) is 16.8. The van der Waals surface area contributed by atoms with Crippen LogP contribution in [0, 0.1) is 0 Å². The molecular formula is C6H15NNiO3S. The maximum Gasteiger partial charge on any atom is 0.330 e. The molecule has 0 radical (unpaired) electrons. The first-order valence-electron chi connectivity index (χ1n) is 3.75. The minimum atomic E-state index is -4.17. The van der Waals surface area contributed by atoms with Crippen molar-refractivity contribution in [3.8, 4) is 0 Å². The Morgan fingerprint density at radius 2 is 1.00 bits per heavy atom. The number of hydrogen-bond donors (Lipinski definition) is 2. The van der Waals surface area contributed by atoms with E-state index in [4.69, 9.17) is 13.0 Å². The van der Waals surface area contributed by atoms with Crippen molar-refractivity contribution < 1.29 is 29.5 Å². The van der Waals surface area contributed by atoms with Crippen LogP contribution < -0.4 is 5.14 Å². The van der Waals surface area contributed by atoms with Gasteiger partial charge < -0.3 is 0 Å². The van der Waals surface area contributed by atoms with Gasteiger partial charge in [-0.05, 0) is 0 Å². The Morgan fingerprint density at radius 1 is 0.917 bits per heavy atom. The molecule has 0 aromatic carbocycles. The molecule has 1 saturated carbocycles. The molecule has 0 unspecified atom stereocenters. The second-order valence-corrected chi connectivity index (χ2v) is 3.67. The molecule has 1 fully saturated rings. The van der Waals surface area contributed by atoms with E-state index >= 15 is 0 Å². The standard InChI is InChI=1S/C6H12.H3NO3S.Ni/c1-2-4-6-5-3-1;1-5(2,3)4;/h1-6H2;(H3,1,2,3,4);. The first-order valence-corrected chi connectivity index (χ1v) is 5.25. The van der Waals surface area contributed by atoms with Crippen molar-refractivity contribution in [2.24, 2.45) is 5.14 Å². The van der Waals surface area contributed by atoms with E-state index in [2.05, 4.69) is 5.14 Å². The molecule has 0 aliphatic heterocycles. The third-order valence-electron chi connectivity index (χ3n) is 1.50. The van der Waals surface area contributed by atoms with Crippen LogP contribution in [0.5, 0.6) is 0 Å². The summed E-state index contributed by atoms with van der Waals surface area (Å²) in [5.74, 6) is 0. The Morgan fingerprint density at radius 3 is 1.08 bits per heavy atom. The zero-order valence-electron chi connectivity index (χ0n) is 6.81. The van der Waals surface area contributed by atoms with E-state index in [1.165, 1.54) is 38.5 Å². The SMILES string of the molecule is C1CCCCC1.NS(=O)(=O)O.[Ni]. The summed E-state index contributed by atoms with van der Waals surface area (Å²) in [5.41, 5.74) is 0. The maximum absolute atomic E-state index is 8.97. The van der Waals surface area contributed by atoms with E-state index in [0.717, 1.165) is 0 Å². The minimum absolute atomic E-state index is 0. The van der Waals surface area contributed by atoms with Gasteiger partial charge in [-0.15, -0.1) is 0 Å². The van der Waals surface area contributed by atoms with Gasteiger partial charge >= 0.3 is 10.3 Å². The molecule has 0 aromatic rings. The first kappa shape index (κ1) is 14.9. The molecule has 12 heavy (non-hydrogen) atoms. The molecule has 4 nitrogen and oxygen atoms in total. The summed E-state index contributed by atoms with van der Waals surface area (Å²) in [6.07, 6.45) is 9.00. The molecule has 1 rings (SSSR count). The molecule has 6 heteroatoms. The van der Waals surface area contributed by atoms with Crippen LogP contribution >= 0.6 is 0 Å². The number of nitrogens with two attached hydrogens (primary N) is 1. The van der Waals surface area contributed by atoms with Gasteiger partial charge in [0.2, 0.25) is 0 Å². The topological polar surface area (TPSA) is 80.4 Å². The van der Waals surface area contributed by atoms with Gasteiger partial charge in [-0.3, -0.25) is 4.55 Å². The van der Waals surface area contributed by atoms with Gasteiger partial charge in [0.15, 0.2) is 0 Å². The van der Waals surface area contributed by atoms with Crippen LogP contribution in [0.15, 0.2) is 0 Å². The summed E-state index contributed by atoms with van der Waals surface area (Å²) in [4.78, 5) is 0. The Balaban J connectivity index is 0. The van der Waals surface area contributed by atoms with Crippen LogP contribution in [-0.2, 0) is 26.8 Å². The molecule has 0 amide bonds. The average molecular weight is 240 g/mol. The van der Waals surface area contributed by atoms with Crippen molar-refractivity contribution in [3.05, 3.63) is 0 Å². The molecule has 0 aromatic heterocycles. The fourth-order valence-corrected chi connectivity index (χ4v) is 1.06. The zero-order valence-corrected chi connectivity index (χ0v) is 8.61. The molecule has 0 heterocycles. The second-order valence-electron chi connectivity index (χ2n) is 2.64. The van der Waals surface area contributed by atoms with E-state index in [0.29, 0.717) is 0 Å². The van der Waals surface area contributed by atoms with Crippen molar-refractivity contribution >= 4 is 10.3 Å². The Hall–Kier alpha value is 0.364. The summed E-state index contributed by atoms with van der Waals surface area (Å²) < 4.78 is 25.2. The minimum Gasteiger partial charge on any atom is -0.274 e. The predicted molar refractivity (Wildman–Crippen MR) is 43.4 cm³/mol. The molecule has 0 bridgehead atoms. The van der Waals surface area contributed by atoms with Gasteiger partial charge in [0.05, 0.1) is 0 Å². The third kappa shape index (κ3) is 22.4. The Kier molecular flexibility index (Phi) is 9.89. The molecule has 0 saturated heterocycles. The monoisotopic (exact) mass is 239 g/mol. The quantitative estimate of drug-likeness (QED) is 0.491. The second kappa shape index (κ2) is 7.98. The Labute approximate surface area is 83.7 Å². The van der Waals surface area contributed by atoms with E-state index in [1.54, 1.807) is 0 Å². The van der Waals surface area contributed by atoms with Gasteiger partial charge in [0, 0.05) is 16.5 Å². The van der Waals surface area contributed by atoms with E-state index in [9.17, 15) is 0 Å². The first-order chi connectivity index (χ1) is 5.00. The van der Waals surface area contributed by atoms with E-state index < -0.39 is 10.3 Å². The summed E-state index contributed by atoms with van der Waals surface area (Å²) in [6, 6.07) is 0. The van der Waals surface area contributed by atoms with Gasteiger partial charge in [-0.1, -0.05) is 38.5 Å². The summed E-state index contributed by atoms with van der Waals surface area (Å²) in [7, 11) is -4.17. The summed E-state index contributed by atoms with van der Waals surface area (Å²) in [5, 5.41) is 3.88. The van der Waals surface area contributed by atoms with Crippen LogP contribution in [0.1, 0.15) is 38.5 Å². The van der Waals surface area contributed by atoms with Crippen molar-refractivity contribution in [1.82, 2.24) is 0 Å². The number of hydrogen-bond acceptors (Lipinski definition) is 2. The number of rotatable bonds is 0. The molecule has 0 spiro atoms. The molecular weight excluding hydrogens is 225 g/mol. The molecule has 1 aliphatic carbocycles.